The quantitative estimate of drug-likeness (QED) is 0.157. The molecule has 1 heterocycles. The van der Waals surface area contributed by atoms with E-state index < -0.39 is 23.1 Å². The molecule has 0 atom stereocenters. The highest BCUT2D eigenvalue weighted by Gasteiger charge is 2.21. The van der Waals surface area contributed by atoms with Crippen molar-refractivity contribution in [2.24, 2.45) is 4.99 Å². The number of hydrogen-bond donors (Lipinski definition) is 2. The monoisotopic (exact) mass is 602 g/mol. The summed E-state index contributed by atoms with van der Waals surface area (Å²) in [6.07, 6.45) is 1.64. The van der Waals surface area contributed by atoms with Crippen LogP contribution in [-0.4, -0.2) is 38.5 Å². The molecule has 0 bridgehead atoms. The van der Waals surface area contributed by atoms with E-state index in [1.807, 2.05) is 0 Å². The second-order valence-electron chi connectivity index (χ2n) is 9.57. The number of nitrogens with zero attached hydrogens (tertiary/aromatic N) is 2. The molecule has 2 N–H and O–H groups in total. The number of carbonyl (C=O) groups is 1. The number of allylic oxidation sites excluding steroid dienone is 1. The molecule has 44 heavy (non-hydrogen) atoms. The van der Waals surface area contributed by atoms with Gasteiger partial charge in [0.25, 0.3) is 11.5 Å². The molecule has 0 radical (unpaired) electrons. The van der Waals surface area contributed by atoms with Gasteiger partial charge in [-0.15, -0.1) is 0 Å². The van der Waals surface area contributed by atoms with Crippen LogP contribution in [0.4, 0.5) is 20.2 Å². The third-order valence-electron chi connectivity index (χ3n) is 6.80. The molecule has 0 saturated heterocycles. The Hall–Kier alpha value is -5.29. The number of pyridine rings is 1. The predicted molar refractivity (Wildman–Crippen MR) is 167 cm³/mol. The van der Waals surface area contributed by atoms with Crippen LogP contribution in [0.2, 0.25) is 0 Å². The molecule has 0 aliphatic rings. The van der Waals surface area contributed by atoms with Gasteiger partial charge in [0.05, 0.1) is 19.9 Å². The maximum atomic E-state index is 15.3. The SMILES string of the molecule is C=Nc1cc(OC)c(OC)cc1/C(=C\C)Oc1ccc(NC(=O)c2cc(C)c(CNC)n(-c3ccc(F)cc3)c2=O)cc1F. The molecule has 11 heteroatoms. The molecular weight excluding hydrogens is 570 g/mol. The van der Waals surface area contributed by atoms with E-state index in [-0.39, 0.29) is 22.8 Å². The van der Waals surface area contributed by atoms with Gasteiger partial charge in [0, 0.05) is 41.3 Å². The number of hydrogen-bond acceptors (Lipinski definition) is 7. The predicted octanol–water partition coefficient (Wildman–Crippen LogP) is 6.18. The summed E-state index contributed by atoms with van der Waals surface area (Å²) in [6.45, 7) is 7.40. The van der Waals surface area contributed by atoms with E-state index in [9.17, 15) is 14.0 Å². The smallest absolute Gasteiger partial charge is 0.268 e. The third kappa shape index (κ3) is 6.52. The van der Waals surface area contributed by atoms with Crippen LogP contribution in [0.15, 0.2) is 76.5 Å². The van der Waals surface area contributed by atoms with E-state index in [4.69, 9.17) is 14.2 Å². The van der Waals surface area contributed by atoms with Gasteiger partial charge in [-0.1, -0.05) is 0 Å². The molecule has 1 amide bonds. The van der Waals surface area contributed by atoms with E-state index in [2.05, 4.69) is 22.3 Å². The molecule has 3 aromatic carbocycles. The molecule has 1 aromatic heterocycles. The van der Waals surface area contributed by atoms with Crippen molar-refractivity contribution >= 4 is 29.8 Å². The van der Waals surface area contributed by atoms with Crippen LogP contribution in [-0.2, 0) is 6.54 Å². The molecular formula is C33H32F2N4O5. The first-order valence-electron chi connectivity index (χ1n) is 13.5. The highest BCUT2D eigenvalue weighted by Crippen LogP contribution is 2.39. The Morgan fingerprint density at radius 3 is 2.25 bits per heavy atom. The van der Waals surface area contributed by atoms with E-state index in [1.54, 1.807) is 39.1 Å². The molecule has 228 valence electrons. The summed E-state index contributed by atoms with van der Waals surface area (Å²) >= 11 is 0. The second kappa shape index (κ2) is 13.8. The van der Waals surface area contributed by atoms with Gasteiger partial charge >= 0.3 is 0 Å². The molecule has 0 saturated carbocycles. The number of nitrogens with one attached hydrogen (secondary N) is 2. The van der Waals surface area contributed by atoms with Crippen molar-refractivity contribution in [1.29, 1.82) is 0 Å². The number of carbonyl (C=O) groups excluding carboxylic acids is 1. The van der Waals surface area contributed by atoms with Gasteiger partial charge in [0.15, 0.2) is 23.1 Å². The Labute approximate surface area is 253 Å². The summed E-state index contributed by atoms with van der Waals surface area (Å²) in [5.41, 5.74) is 1.92. The second-order valence-corrected chi connectivity index (χ2v) is 9.57. The molecule has 0 aliphatic carbocycles. The lowest BCUT2D eigenvalue weighted by atomic mass is 10.1. The fourth-order valence-corrected chi connectivity index (χ4v) is 4.64. The van der Waals surface area contributed by atoms with Gasteiger partial charge < -0.3 is 24.8 Å². The summed E-state index contributed by atoms with van der Waals surface area (Å²) in [4.78, 5) is 30.8. The van der Waals surface area contributed by atoms with Crippen molar-refractivity contribution in [3.63, 3.8) is 0 Å². The van der Waals surface area contributed by atoms with Gasteiger partial charge in [-0.3, -0.25) is 19.1 Å². The molecule has 0 spiro atoms. The van der Waals surface area contributed by atoms with Gasteiger partial charge in [-0.25, -0.2) is 8.78 Å². The zero-order chi connectivity index (χ0) is 32.0. The standard InChI is InChI=1S/C33H32F2N4O5/c1-7-28(23-16-30(42-5)31(43-6)17-26(23)37-4)44-29-13-10-21(15-25(29)35)38-32(40)24-14-19(2)27(18-36-3)39(33(24)41)22-11-8-20(34)9-12-22/h7-17,36H,4,18H2,1-3,5-6H3,(H,38,40)/b28-7+. The lowest BCUT2D eigenvalue weighted by Gasteiger charge is -2.18. The van der Waals surface area contributed by atoms with Crippen LogP contribution in [0.25, 0.3) is 11.4 Å². The highest BCUT2D eigenvalue weighted by molar-refractivity contribution is 6.04. The average molecular weight is 603 g/mol. The van der Waals surface area contributed by atoms with Crippen LogP contribution in [0.5, 0.6) is 17.2 Å². The van der Waals surface area contributed by atoms with Gasteiger partial charge in [0.1, 0.15) is 17.1 Å². The summed E-state index contributed by atoms with van der Waals surface area (Å²) in [5, 5.41) is 5.59. The maximum Gasteiger partial charge on any atom is 0.268 e. The van der Waals surface area contributed by atoms with Crippen molar-refractivity contribution in [3.05, 3.63) is 111 Å². The Balaban J connectivity index is 1.63. The normalized spacial score (nSPS) is 11.2. The first kappa shape index (κ1) is 31.6. The molecule has 0 fully saturated rings. The van der Waals surface area contributed by atoms with E-state index in [0.29, 0.717) is 46.2 Å². The van der Waals surface area contributed by atoms with E-state index >= 15 is 4.39 Å². The number of aryl methyl sites for hydroxylation is 1. The number of aromatic nitrogens is 1. The minimum atomic E-state index is -0.764. The van der Waals surface area contributed by atoms with Crippen molar-refractivity contribution in [3.8, 4) is 22.9 Å². The first-order chi connectivity index (χ1) is 21.1. The Morgan fingerprint density at radius 2 is 1.66 bits per heavy atom. The largest absolute Gasteiger partial charge is 0.493 e. The van der Waals surface area contributed by atoms with Crippen LogP contribution < -0.4 is 30.4 Å². The van der Waals surface area contributed by atoms with E-state index in [1.165, 1.54) is 61.3 Å². The Morgan fingerprint density at radius 1 is 0.977 bits per heavy atom. The summed E-state index contributed by atoms with van der Waals surface area (Å²) in [6, 6.07) is 14.0. The average Bonchev–Trinajstić information content (AvgIpc) is 3.02. The minimum Gasteiger partial charge on any atom is -0.493 e. The Bertz CT molecular complexity index is 1800. The molecule has 0 unspecified atom stereocenters. The number of halogens is 2. The van der Waals surface area contributed by atoms with Crippen LogP contribution in [0, 0.1) is 18.6 Å². The molecule has 0 aliphatic heterocycles. The zero-order valence-electron chi connectivity index (χ0n) is 25.0. The van der Waals surface area contributed by atoms with Crippen LogP contribution >= 0.6 is 0 Å². The number of rotatable bonds is 11. The number of aliphatic imine (C=N–C) groups is 1. The summed E-state index contributed by atoms with van der Waals surface area (Å²) in [7, 11) is 4.71. The number of anilines is 1. The zero-order valence-corrected chi connectivity index (χ0v) is 25.0. The van der Waals surface area contributed by atoms with Crippen molar-refractivity contribution in [2.75, 3.05) is 26.6 Å². The van der Waals surface area contributed by atoms with Crippen molar-refractivity contribution in [2.45, 2.75) is 20.4 Å². The number of amides is 1. The Kier molecular flexibility index (Phi) is 9.92. The molecule has 4 rings (SSSR count). The number of methoxy groups -OCH3 is 2. The fraction of sp³-hybridized carbons (Fsp3) is 0.182. The van der Waals surface area contributed by atoms with Crippen LogP contribution in [0.1, 0.15) is 34.1 Å². The van der Waals surface area contributed by atoms with Crippen molar-refractivity contribution in [1.82, 2.24) is 9.88 Å². The van der Waals surface area contributed by atoms with Crippen molar-refractivity contribution < 1.29 is 27.8 Å². The van der Waals surface area contributed by atoms with Crippen LogP contribution in [0.3, 0.4) is 0 Å². The van der Waals surface area contributed by atoms with E-state index in [0.717, 1.165) is 6.07 Å². The van der Waals surface area contributed by atoms with Gasteiger partial charge in [-0.05, 0) is 87.8 Å². The lowest BCUT2D eigenvalue weighted by Crippen LogP contribution is -2.32. The third-order valence-corrected chi connectivity index (χ3v) is 6.80. The molecule has 4 aromatic rings. The summed E-state index contributed by atoms with van der Waals surface area (Å²) < 4.78 is 46.8. The number of benzene rings is 3. The summed E-state index contributed by atoms with van der Waals surface area (Å²) in [5.74, 6) is -0.936. The van der Waals surface area contributed by atoms with Gasteiger partial charge in [-0.2, -0.15) is 0 Å². The lowest BCUT2D eigenvalue weighted by molar-refractivity contribution is 0.102. The number of ether oxygens (including phenoxy) is 3. The van der Waals surface area contributed by atoms with Gasteiger partial charge in [0.2, 0.25) is 0 Å². The minimum absolute atomic E-state index is 0.103. The maximum absolute atomic E-state index is 15.3. The fourth-order valence-electron chi connectivity index (χ4n) is 4.64. The first-order valence-corrected chi connectivity index (χ1v) is 13.5. The molecule has 9 nitrogen and oxygen atoms in total. The highest BCUT2D eigenvalue weighted by atomic mass is 19.1. The topological polar surface area (TPSA) is 103 Å².